The van der Waals surface area contributed by atoms with Crippen LogP contribution in [0.3, 0.4) is 0 Å². The van der Waals surface area contributed by atoms with Crippen molar-refractivity contribution in [3.8, 4) is 0 Å². The minimum Gasteiger partial charge on any atom is -0.383 e. The predicted octanol–water partition coefficient (Wildman–Crippen LogP) is 0.576. The molecular weight excluding hydrogens is 250 g/mol. The van der Waals surface area contributed by atoms with E-state index in [-0.39, 0.29) is 16.8 Å². The van der Waals surface area contributed by atoms with Gasteiger partial charge in [-0.25, -0.2) is 8.42 Å². The molecule has 0 aliphatic rings. The van der Waals surface area contributed by atoms with E-state index < -0.39 is 9.84 Å². The fourth-order valence-electron chi connectivity index (χ4n) is 1.26. The predicted molar refractivity (Wildman–Crippen MR) is 64.6 cm³/mol. The number of sulfone groups is 1. The number of aromatic nitrogens is 1. The summed E-state index contributed by atoms with van der Waals surface area (Å²) in [7, 11) is -1.78. The van der Waals surface area contributed by atoms with Crippen LogP contribution in [0.1, 0.15) is 6.92 Å². The van der Waals surface area contributed by atoms with Crippen LogP contribution in [0, 0.1) is 0 Å². The molecule has 1 aromatic heterocycles. The average molecular weight is 265 g/mol. The Labute approximate surface area is 98.9 Å². The molecule has 1 rings (SSSR count). The highest BCUT2D eigenvalue weighted by Gasteiger charge is 2.22. The highest BCUT2D eigenvalue weighted by molar-refractivity contribution is 7.91. The molecule has 6 nitrogen and oxygen atoms in total. The molecule has 1 heterocycles. The van der Waals surface area contributed by atoms with Crippen molar-refractivity contribution < 1.29 is 13.2 Å². The van der Waals surface area contributed by atoms with Crippen molar-refractivity contribution in [3.05, 3.63) is 0 Å². The van der Waals surface area contributed by atoms with Gasteiger partial charge in [0.25, 0.3) is 0 Å². The number of anilines is 2. The van der Waals surface area contributed by atoms with Crippen molar-refractivity contribution in [3.63, 3.8) is 0 Å². The first-order valence-corrected chi connectivity index (χ1v) is 7.23. The van der Waals surface area contributed by atoms with Crippen LogP contribution in [0.15, 0.2) is 4.90 Å². The summed E-state index contributed by atoms with van der Waals surface area (Å²) in [4.78, 5) is 0.0699. The van der Waals surface area contributed by atoms with Gasteiger partial charge in [-0.15, -0.1) is 0 Å². The van der Waals surface area contributed by atoms with Crippen LogP contribution in [0.4, 0.5) is 10.8 Å². The number of nitrogens with zero attached hydrogens (tertiary/aromatic N) is 1. The van der Waals surface area contributed by atoms with Gasteiger partial charge in [0, 0.05) is 19.4 Å². The molecule has 0 bridgehead atoms. The standard InChI is InChI=1S/C8H15N3O3S2/c1-5(4-14-2)10-8-6(16(3,12)13)7(9)11-15-8/h5,10H,4H2,1-3H3,(H2,9,11). The summed E-state index contributed by atoms with van der Waals surface area (Å²) >= 11 is 1.04. The molecule has 0 amide bonds. The molecule has 16 heavy (non-hydrogen) atoms. The smallest absolute Gasteiger partial charge is 0.182 e. The van der Waals surface area contributed by atoms with Gasteiger partial charge in [-0.3, -0.25) is 0 Å². The molecule has 8 heteroatoms. The van der Waals surface area contributed by atoms with E-state index in [0.717, 1.165) is 17.8 Å². The highest BCUT2D eigenvalue weighted by Crippen LogP contribution is 2.31. The molecule has 92 valence electrons. The average Bonchev–Trinajstić information content (AvgIpc) is 2.46. The van der Waals surface area contributed by atoms with Crippen molar-refractivity contribution in [2.24, 2.45) is 0 Å². The Hall–Kier alpha value is -0.860. The molecule has 1 aromatic rings. The molecule has 0 aromatic carbocycles. The lowest BCUT2D eigenvalue weighted by Crippen LogP contribution is -2.21. The highest BCUT2D eigenvalue weighted by atomic mass is 32.2. The van der Waals surface area contributed by atoms with Crippen LogP contribution < -0.4 is 11.1 Å². The summed E-state index contributed by atoms with van der Waals surface area (Å²) in [6.45, 7) is 2.35. The number of hydrogen-bond acceptors (Lipinski definition) is 7. The van der Waals surface area contributed by atoms with Gasteiger partial charge in [-0.1, -0.05) is 0 Å². The summed E-state index contributed by atoms with van der Waals surface area (Å²) in [6, 6.07) is -0.00894. The number of hydrogen-bond donors (Lipinski definition) is 2. The van der Waals surface area contributed by atoms with Crippen molar-refractivity contribution >= 4 is 32.2 Å². The van der Waals surface area contributed by atoms with E-state index in [0.29, 0.717) is 11.6 Å². The first-order valence-electron chi connectivity index (χ1n) is 4.57. The van der Waals surface area contributed by atoms with Crippen molar-refractivity contribution in [2.45, 2.75) is 17.9 Å². The molecule has 0 fully saturated rings. The van der Waals surface area contributed by atoms with Gasteiger partial charge in [-0.05, 0) is 18.5 Å². The molecule has 1 unspecified atom stereocenters. The number of nitrogens with one attached hydrogen (secondary N) is 1. The molecule has 0 aliphatic heterocycles. The number of methoxy groups -OCH3 is 1. The molecule has 0 aliphatic carbocycles. The summed E-state index contributed by atoms with van der Waals surface area (Å²) in [5.74, 6) is 0.0413. The molecular formula is C8H15N3O3S2. The van der Waals surface area contributed by atoms with E-state index in [1.807, 2.05) is 6.92 Å². The number of nitrogen functional groups attached to an aromatic ring is 1. The lowest BCUT2D eigenvalue weighted by atomic mass is 10.4. The van der Waals surface area contributed by atoms with E-state index in [9.17, 15) is 8.42 Å². The van der Waals surface area contributed by atoms with Crippen molar-refractivity contribution in [2.75, 3.05) is 31.0 Å². The zero-order valence-electron chi connectivity index (χ0n) is 9.35. The van der Waals surface area contributed by atoms with E-state index in [1.54, 1.807) is 7.11 Å². The molecule has 0 radical (unpaired) electrons. The molecule has 0 saturated heterocycles. The van der Waals surface area contributed by atoms with Crippen molar-refractivity contribution in [1.82, 2.24) is 4.37 Å². The minimum atomic E-state index is -3.36. The van der Waals surface area contributed by atoms with Gasteiger partial charge in [0.2, 0.25) is 0 Å². The van der Waals surface area contributed by atoms with Crippen LogP contribution in [-0.2, 0) is 14.6 Å². The third kappa shape index (κ3) is 3.06. The fraction of sp³-hybridized carbons (Fsp3) is 0.625. The van der Waals surface area contributed by atoms with E-state index >= 15 is 0 Å². The van der Waals surface area contributed by atoms with Crippen LogP contribution in [0.5, 0.6) is 0 Å². The lowest BCUT2D eigenvalue weighted by molar-refractivity contribution is 0.190. The lowest BCUT2D eigenvalue weighted by Gasteiger charge is -2.13. The largest absolute Gasteiger partial charge is 0.383 e. The zero-order chi connectivity index (χ0) is 12.3. The monoisotopic (exact) mass is 265 g/mol. The maximum atomic E-state index is 11.5. The topological polar surface area (TPSA) is 94.3 Å². The molecule has 1 atom stereocenters. The van der Waals surface area contributed by atoms with Gasteiger partial charge in [0.05, 0.1) is 6.61 Å². The van der Waals surface area contributed by atoms with Gasteiger partial charge < -0.3 is 15.8 Å². The van der Waals surface area contributed by atoms with Crippen molar-refractivity contribution in [1.29, 1.82) is 0 Å². The zero-order valence-corrected chi connectivity index (χ0v) is 11.0. The normalized spacial score (nSPS) is 13.7. The Morgan fingerprint density at radius 1 is 1.62 bits per heavy atom. The maximum absolute atomic E-state index is 11.5. The second-order valence-electron chi connectivity index (χ2n) is 3.50. The maximum Gasteiger partial charge on any atom is 0.182 e. The molecule has 3 N–H and O–H groups in total. The quantitative estimate of drug-likeness (QED) is 0.808. The third-order valence-corrected chi connectivity index (χ3v) is 3.92. The number of rotatable bonds is 5. The number of ether oxygens (including phenoxy) is 1. The SMILES string of the molecule is COCC(C)Nc1snc(N)c1S(C)(=O)=O. The second kappa shape index (κ2) is 4.98. The summed E-state index contributed by atoms with van der Waals surface area (Å²) in [5, 5.41) is 3.47. The van der Waals surface area contributed by atoms with E-state index in [4.69, 9.17) is 10.5 Å². The Morgan fingerprint density at radius 3 is 2.75 bits per heavy atom. The van der Waals surface area contributed by atoms with Crippen LogP contribution >= 0.6 is 11.5 Å². The Kier molecular flexibility index (Phi) is 4.11. The number of nitrogens with two attached hydrogens (primary N) is 1. The van der Waals surface area contributed by atoms with Crippen LogP contribution in [0.25, 0.3) is 0 Å². The Morgan fingerprint density at radius 2 is 2.25 bits per heavy atom. The van der Waals surface area contributed by atoms with Crippen LogP contribution in [0.2, 0.25) is 0 Å². The summed E-state index contributed by atoms with van der Waals surface area (Å²) < 4.78 is 31.8. The first kappa shape index (κ1) is 13.2. The van der Waals surface area contributed by atoms with Crippen LogP contribution in [-0.4, -0.2) is 38.8 Å². The summed E-state index contributed by atoms with van der Waals surface area (Å²) in [6.07, 6.45) is 1.11. The Balaban J connectivity index is 2.98. The van der Waals surface area contributed by atoms with Gasteiger partial charge in [-0.2, -0.15) is 4.37 Å². The van der Waals surface area contributed by atoms with Gasteiger partial charge >= 0.3 is 0 Å². The second-order valence-corrected chi connectivity index (χ2v) is 6.22. The van der Waals surface area contributed by atoms with Gasteiger partial charge in [0.1, 0.15) is 9.90 Å². The first-order chi connectivity index (χ1) is 7.36. The summed E-state index contributed by atoms with van der Waals surface area (Å²) in [5.41, 5.74) is 5.53. The minimum absolute atomic E-state index is 0.00894. The molecule has 0 saturated carbocycles. The Bertz CT molecular complexity index is 455. The van der Waals surface area contributed by atoms with E-state index in [2.05, 4.69) is 9.69 Å². The van der Waals surface area contributed by atoms with E-state index in [1.165, 1.54) is 0 Å². The van der Waals surface area contributed by atoms with Gasteiger partial charge in [0.15, 0.2) is 15.7 Å². The molecule has 0 spiro atoms. The fourth-order valence-corrected chi connectivity index (χ4v) is 3.43. The third-order valence-electron chi connectivity index (χ3n) is 1.84.